The van der Waals surface area contributed by atoms with Gasteiger partial charge in [0.15, 0.2) is 0 Å². The van der Waals surface area contributed by atoms with Crippen LogP contribution in [0.3, 0.4) is 0 Å². The molecule has 0 aliphatic rings. The highest BCUT2D eigenvalue weighted by molar-refractivity contribution is 5.78. The van der Waals surface area contributed by atoms with Crippen LogP contribution in [0.5, 0.6) is 0 Å². The van der Waals surface area contributed by atoms with Crippen LogP contribution in [0.2, 0.25) is 0 Å². The third-order valence-electron chi connectivity index (χ3n) is 1.67. The van der Waals surface area contributed by atoms with Gasteiger partial charge in [-0.2, -0.15) is 0 Å². The molecule has 1 aromatic carbocycles. The SMILES string of the molecule is CCCCO/N=[C]\c1ccc(F)cc1. The number of hydrogen-bond donors (Lipinski definition) is 0. The van der Waals surface area contributed by atoms with Gasteiger partial charge in [-0.3, -0.25) is 0 Å². The van der Waals surface area contributed by atoms with Gasteiger partial charge in [0.05, 0.1) is 0 Å². The van der Waals surface area contributed by atoms with Gasteiger partial charge in [0.1, 0.15) is 18.6 Å². The molecule has 75 valence electrons. The maximum Gasteiger partial charge on any atom is 0.139 e. The number of hydrogen-bond acceptors (Lipinski definition) is 2. The number of nitrogens with zero attached hydrogens (tertiary/aromatic N) is 1. The first kappa shape index (κ1) is 10.7. The van der Waals surface area contributed by atoms with Crippen LogP contribution < -0.4 is 0 Å². The summed E-state index contributed by atoms with van der Waals surface area (Å²) in [5.74, 6) is -0.262. The summed E-state index contributed by atoms with van der Waals surface area (Å²) >= 11 is 0. The van der Waals surface area contributed by atoms with Crippen molar-refractivity contribution in [1.29, 1.82) is 0 Å². The summed E-state index contributed by atoms with van der Waals surface area (Å²) in [7, 11) is 0. The predicted octanol–water partition coefficient (Wildman–Crippen LogP) is 2.85. The van der Waals surface area contributed by atoms with Crippen molar-refractivity contribution in [2.75, 3.05) is 6.61 Å². The highest BCUT2D eigenvalue weighted by Crippen LogP contribution is 2.00. The minimum Gasteiger partial charge on any atom is -0.395 e. The zero-order valence-corrected chi connectivity index (χ0v) is 8.16. The fourth-order valence-electron chi connectivity index (χ4n) is 0.864. The van der Waals surface area contributed by atoms with Crippen LogP contribution in [0.1, 0.15) is 25.3 Å². The Morgan fingerprint density at radius 3 is 2.71 bits per heavy atom. The largest absolute Gasteiger partial charge is 0.395 e. The number of rotatable bonds is 5. The number of halogens is 1. The van der Waals surface area contributed by atoms with E-state index in [1.54, 1.807) is 12.1 Å². The summed E-state index contributed by atoms with van der Waals surface area (Å²) in [5, 5.41) is 3.64. The van der Waals surface area contributed by atoms with E-state index in [2.05, 4.69) is 18.3 Å². The van der Waals surface area contributed by atoms with Crippen molar-refractivity contribution in [3.8, 4) is 0 Å². The Balaban J connectivity index is 2.33. The standard InChI is InChI=1S/C11H13FNO/c1-2-3-8-14-13-9-10-4-6-11(12)7-5-10/h4-7H,2-3,8H2,1H3. The molecule has 0 aliphatic carbocycles. The summed E-state index contributed by atoms with van der Waals surface area (Å²) in [6, 6.07) is 5.93. The van der Waals surface area contributed by atoms with Gasteiger partial charge in [-0.1, -0.05) is 18.5 Å². The summed E-state index contributed by atoms with van der Waals surface area (Å²) < 4.78 is 12.5. The predicted molar refractivity (Wildman–Crippen MR) is 53.8 cm³/mol. The minimum absolute atomic E-state index is 0.262. The summed E-state index contributed by atoms with van der Waals surface area (Å²) in [4.78, 5) is 4.93. The lowest BCUT2D eigenvalue weighted by Gasteiger charge is -1.95. The zero-order valence-electron chi connectivity index (χ0n) is 8.16. The molecule has 2 nitrogen and oxygen atoms in total. The van der Waals surface area contributed by atoms with Gasteiger partial charge in [0, 0.05) is 5.56 Å². The smallest absolute Gasteiger partial charge is 0.139 e. The van der Waals surface area contributed by atoms with Crippen LogP contribution in [-0.4, -0.2) is 12.8 Å². The Morgan fingerprint density at radius 2 is 2.07 bits per heavy atom. The van der Waals surface area contributed by atoms with E-state index in [9.17, 15) is 4.39 Å². The van der Waals surface area contributed by atoms with E-state index in [1.807, 2.05) is 0 Å². The van der Waals surface area contributed by atoms with Crippen LogP contribution >= 0.6 is 0 Å². The highest BCUT2D eigenvalue weighted by atomic mass is 19.1. The number of benzene rings is 1. The first-order valence-electron chi connectivity index (χ1n) is 4.66. The lowest BCUT2D eigenvalue weighted by atomic mass is 10.2. The van der Waals surface area contributed by atoms with E-state index in [-0.39, 0.29) is 5.82 Å². The van der Waals surface area contributed by atoms with Gasteiger partial charge >= 0.3 is 0 Å². The van der Waals surface area contributed by atoms with Crippen LogP contribution in [0.4, 0.5) is 4.39 Å². The van der Waals surface area contributed by atoms with Gasteiger partial charge < -0.3 is 4.84 Å². The highest BCUT2D eigenvalue weighted by Gasteiger charge is 1.90. The molecule has 0 spiro atoms. The maximum atomic E-state index is 12.5. The van der Waals surface area contributed by atoms with Crippen LogP contribution in [0.15, 0.2) is 29.4 Å². The lowest BCUT2D eigenvalue weighted by molar-refractivity contribution is 0.143. The molecule has 0 fully saturated rings. The first-order valence-corrected chi connectivity index (χ1v) is 4.66. The van der Waals surface area contributed by atoms with E-state index in [0.717, 1.165) is 12.8 Å². The third-order valence-corrected chi connectivity index (χ3v) is 1.67. The Morgan fingerprint density at radius 1 is 1.36 bits per heavy atom. The van der Waals surface area contributed by atoms with Crippen LogP contribution in [0.25, 0.3) is 0 Å². The summed E-state index contributed by atoms with van der Waals surface area (Å²) in [6.07, 6.45) is 4.72. The van der Waals surface area contributed by atoms with E-state index in [1.165, 1.54) is 12.1 Å². The average Bonchev–Trinajstić information content (AvgIpc) is 2.21. The molecular weight excluding hydrogens is 181 g/mol. The average molecular weight is 194 g/mol. The van der Waals surface area contributed by atoms with E-state index < -0.39 is 0 Å². The fraction of sp³-hybridized carbons (Fsp3) is 0.364. The maximum absolute atomic E-state index is 12.5. The van der Waals surface area contributed by atoms with Crippen molar-refractivity contribution >= 4 is 6.21 Å². The van der Waals surface area contributed by atoms with Gasteiger partial charge in [-0.25, -0.2) is 4.39 Å². The van der Waals surface area contributed by atoms with E-state index >= 15 is 0 Å². The second kappa shape index (κ2) is 6.13. The number of unbranched alkanes of at least 4 members (excludes halogenated alkanes) is 1. The Kier molecular flexibility index (Phi) is 4.69. The van der Waals surface area contributed by atoms with E-state index in [4.69, 9.17) is 4.84 Å². The van der Waals surface area contributed by atoms with Crippen molar-refractivity contribution in [3.63, 3.8) is 0 Å². The van der Waals surface area contributed by atoms with Gasteiger partial charge in [0.2, 0.25) is 0 Å². The third kappa shape index (κ3) is 4.03. The normalized spacial score (nSPS) is 10.7. The van der Waals surface area contributed by atoms with Crippen molar-refractivity contribution in [1.82, 2.24) is 0 Å². The zero-order chi connectivity index (χ0) is 10.2. The fourth-order valence-corrected chi connectivity index (χ4v) is 0.864. The second-order valence-electron chi connectivity index (χ2n) is 2.90. The molecule has 1 radical (unpaired) electrons. The minimum atomic E-state index is -0.262. The van der Waals surface area contributed by atoms with Gasteiger partial charge in [0.25, 0.3) is 0 Å². The molecule has 1 rings (SSSR count). The van der Waals surface area contributed by atoms with Crippen molar-refractivity contribution < 1.29 is 9.23 Å². The van der Waals surface area contributed by atoms with Crippen molar-refractivity contribution in [2.45, 2.75) is 19.8 Å². The molecule has 0 amide bonds. The summed E-state index contributed by atoms with van der Waals surface area (Å²) in [6.45, 7) is 2.68. The molecule has 14 heavy (non-hydrogen) atoms. The molecule has 3 heteroatoms. The van der Waals surface area contributed by atoms with E-state index in [0.29, 0.717) is 12.2 Å². The summed E-state index contributed by atoms with van der Waals surface area (Å²) in [5.41, 5.74) is 0.711. The van der Waals surface area contributed by atoms with Crippen molar-refractivity contribution in [2.24, 2.45) is 5.16 Å². The Hall–Kier alpha value is -1.38. The molecule has 0 atom stereocenters. The molecule has 0 saturated heterocycles. The van der Waals surface area contributed by atoms with Gasteiger partial charge in [-0.15, -0.1) is 0 Å². The monoisotopic (exact) mass is 194 g/mol. The molecule has 0 saturated carbocycles. The second-order valence-corrected chi connectivity index (χ2v) is 2.90. The first-order chi connectivity index (χ1) is 6.83. The topological polar surface area (TPSA) is 21.6 Å². The molecule has 0 aromatic heterocycles. The van der Waals surface area contributed by atoms with Crippen LogP contribution in [-0.2, 0) is 4.84 Å². The Bertz CT molecular complexity index is 282. The Labute approximate surface area is 83.4 Å². The molecule has 0 unspecified atom stereocenters. The van der Waals surface area contributed by atoms with Crippen LogP contribution in [0, 0.1) is 5.82 Å². The molecule has 0 aliphatic heterocycles. The quantitative estimate of drug-likeness (QED) is 0.401. The lowest BCUT2D eigenvalue weighted by Crippen LogP contribution is -1.88. The molecule has 0 bridgehead atoms. The van der Waals surface area contributed by atoms with Crippen molar-refractivity contribution in [3.05, 3.63) is 35.6 Å². The molecular formula is C11H13FNO. The van der Waals surface area contributed by atoms with Gasteiger partial charge in [-0.05, 0) is 30.7 Å². The molecule has 0 N–H and O–H groups in total. The molecule has 1 aromatic rings. The molecule has 0 heterocycles.